The van der Waals surface area contributed by atoms with Crippen LogP contribution in [0.4, 0.5) is 0 Å². The Morgan fingerprint density at radius 1 is 1.30 bits per heavy atom. The van der Waals surface area contributed by atoms with Gasteiger partial charge in [-0.1, -0.05) is 6.07 Å². The Morgan fingerprint density at radius 3 is 2.97 bits per heavy atom. The zero-order valence-electron chi connectivity index (χ0n) is 17.2. The lowest BCUT2D eigenvalue weighted by Crippen LogP contribution is -2.62. The van der Waals surface area contributed by atoms with E-state index >= 15 is 0 Å². The van der Waals surface area contributed by atoms with Crippen molar-refractivity contribution in [2.24, 2.45) is 5.92 Å². The fourth-order valence-corrected chi connectivity index (χ4v) is 6.16. The number of phenols is 2. The van der Waals surface area contributed by atoms with Crippen LogP contribution < -0.4 is 5.32 Å². The molecule has 5 rings (SSSR count). The van der Waals surface area contributed by atoms with E-state index in [1.807, 2.05) is 24.1 Å². The topological polar surface area (TPSA) is 85.9 Å². The maximum Gasteiger partial charge on any atom is 0.246 e. The Hall–Kier alpha value is -2.73. The van der Waals surface area contributed by atoms with Crippen molar-refractivity contribution in [1.82, 2.24) is 10.2 Å². The van der Waals surface area contributed by atoms with Crippen molar-refractivity contribution >= 4 is 12.0 Å². The number of carbonyl (C=O) groups excluding carboxylic acids is 1. The maximum atomic E-state index is 12.8. The average Bonchev–Trinajstić information content (AvgIpc) is 3.27. The molecule has 1 aliphatic heterocycles. The summed E-state index contributed by atoms with van der Waals surface area (Å²) < 4.78 is 5.06. The molecule has 6 heteroatoms. The number of furan rings is 1. The summed E-state index contributed by atoms with van der Waals surface area (Å²) in [4.78, 5) is 14.7. The first-order chi connectivity index (χ1) is 14.5. The van der Waals surface area contributed by atoms with Crippen LogP contribution in [0.5, 0.6) is 11.5 Å². The van der Waals surface area contributed by atoms with Crippen molar-refractivity contribution in [2.75, 3.05) is 13.6 Å². The number of aromatic hydroxyl groups is 2. The number of amides is 1. The van der Waals surface area contributed by atoms with Gasteiger partial charge in [-0.3, -0.25) is 4.79 Å². The van der Waals surface area contributed by atoms with Crippen molar-refractivity contribution in [3.05, 3.63) is 53.5 Å². The molecule has 3 N–H and O–H groups in total. The zero-order valence-corrected chi connectivity index (χ0v) is 17.2. The molecule has 1 saturated heterocycles. The molecule has 30 heavy (non-hydrogen) atoms. The number of benzene rings is 1. The lowest BCUT2D eigenvalue weighted by atomic mass is 9.51. The summed E-state index contributed by atoms with van der Waals surface area (Å²) in [5.74, 6) is 0.453. The molecule has 2 bridgehead atoms. The molecular weight excluding hydrogens is 380 g/mol. The molecule has 1 aromatic carbocycles. The molecule has 6 nitrogen and oxygen atoms in total. The van der Waals surface area contributed by atoms with Crippen LogP contribution in [-0.4, -0.2) is 46.7 Å². The number of nitrogens with zero attached hydrogens (tertiary/aromatic N) is 1. The van der Waals surface area contributed by atoms with Crippen LogP contribution in [0.3, 0.4) is 0 Å². The van der Waals surface area contributed by atoms with E-state index in [-0.39, 0.29) is 28.9 Å². The number of fused-ring (bicyclic) bond motifs is 1. The molecule has 0 spiro atoms. The highest BCUT2D eigenvalue weighted by molar-refractivity contribution is 5.91. The predicted octanol–water partition coefficient (Wildman–Crippen LogP) is 3.19. The molecule has 2 aromatic rings. The van der Waals surface area contributed by atoms with Crippen LogP contribution in [0.1, 0.15) is 42.4 Å². The Morgan fingerprint density at radius 2 is 2.17 bits per heavy atom. The molecule has 1 saturated carbocycles. The van der Waals surface area contributed by atoms with E-state index in [1.165, 1.54) is 5.56 Å². The number of rotatable bonds is 3. The minimum absolute atomic E-state index is 0.00822. The monoisotopic (exact) mass is 408 g/mol. The second-order valence-electron chi connectivity index (χ2n) is 9.01. The maximum absolute atomic E-state index is 12.8. The van der Waals surface area contributed by atoms with Gasteiger partial charge in [0.25, 0.3) is 0 Å². The Balaban J connectivity index is 1.44. The largest absolute Gasteiger partial charge is 0.504 e. The summed E-state index contributed by atoms with van der Waals surface area (Å²) in [6.45, 7) is 0.938. The number of carbonyl (C=O) groups is 1. The van der Waals surface area contributed by atoms with Crippen molar-refractivity contribution in [3.8, 4) is 11.5 Å². The average molecular weight is 408 g/mol. The molecule has 4 atom stereocenters. The summed E-state index contributed by atoms with van der Waals surface area (Å²) in [6, 6.07) is 5.89. The quantitative estimate of drug-likeness (QED) is 0.536. The third kappa shape index (κ3) is 2.93. The molecule has 0 radical (unpaired) electrons. The number of piperidine rings is 1. The van der Waals surface area contributed by atoms with E-state index in [0.717, 1.165) is 49.8 Å². The second-order valence-corrected chi connectivity index (χ2v) is 9.01. The normalized spacial score (nSPS) is 30.0. The van der Waals surface area contributed by atoms with Gasteiger partial charge < -0.3 is 24.8 Å². The molecule has 3 aliphatic rings. The summed E-state index contributed by atoms with van der Waals surface area (Å²) in [5.41, 5.74) is 2.84. The highest BCUT2D eigenvalue weighted by atomic mass is 16.3. The van der Waals surface area contributed by atoms with Crippen LogP contribution in [0.15, 0.2) is 41.2 Å². The molecule has 158 valence electrons. The van der Waals surface area contributed by atoms with E-state index < -0.39 is 0 Å². The standard InChI is InChI=1S/C24H28N2O4/c1-26(22(28)7-2-15-8-11-30-14-15)16-3-4-19-20-12-17-18(5-6-21(27)23(17)29)24(19,13-16)9-10-25-20/h2,5-8,11,14,16,19-20,25,27,29H,3-4,9-10,12-13H2,1H3/t16-,19+,20-,24-/m1/s1. The van der Waals surface area contributed by atoms with Gasteiger partial charge >= 0.3 is 0 Å². The molecule has 2 aliphatic carbocycles. The first kappa shape index (κ1) is 19.2. The smallest absolute Gasteiger partial charge is 0.246 e. The van der Waals surface area contributed by atoms with E-state index in [9.17, 15) is 15.0 Å². The van der Waals surface area contributed by atoms with Crippen LogP contribution >= 0.6 is 0 Å². The first-order valence-electron chi connectivity index (χ1n) is 10.7. The van der Waals surface area contributed by atoms with Crippen LogP contribution in [0.25, 0.3) is 6.08 Å². The van der Waals surface area contributed by atoms with Gasteiger partial charge in [0.05, 0.1) is 12.5 Å². The van der Waals surface area contributed by atoms with Crippen molar-refractivity contribution in [1.29, 1.82) is 0 Å². The summed E-state index contributed by atoms with van der Waals surface area (Å²) in [5, 5.41) is 24.2. The Bertz CT molecular complexity index is 983. The minimum atomic E-state index is -0.0690. The van der Waals surface area contributed by atoms with Crippen LogP contribution in [-0.2, 0) is 16.6 Å². The highest BCUT2D eigenvalue weighted by Crippen LogP contribution is 2.56. The summed E-state index contributed by atoms with van der Waals surface area (Å²) >= 11 is 0. The molecule has 1 amide bonds. The summed E-state index contributed by atoms with van der Waals surface area (Å²) in [7, 11) is 1.89. The summed E-state index contributed by atoms with van der Waals surface area (Å²) in [6.07, 6.45) is 11.2. The van der Waals surface area contributed by atoms with Crippen molar-refractivity contribution in [2.45, 2.75) is 49.6 Å². The lowest BCUT2D eigenvalue weighted by molar-refractivity contribution is -0.128. The number of hydrogen-bond donors (Lipinski definition) is 3. The SMILES string of the molecule is CN(C(=O)C=Cc1ccoc1)[C@@H]1CC[C@H]2[C@H]3Cc4c(ccc(O)c4O)[C@@]2(CCN3)C1. The van der Waals surface area contributed by atoms with Gasteiger partial charge in [-0.25, -0.2) is 0 Å². The molecular formula is C24H28N2O4. The van der Waals surface area contributed by atoms with Gasteiger partial charge in [-0.05, 0) is 68.3 Å². The second kappa shape index (κ2) is 7.20. The van der Waals surface area contributed by atoms with Crippen LogP contribution in [0, 0.1) is 5.92 Å². The van der Waals surface area contributed by atoms with Gasteiger partial charge in [-0.15, -0.1) is 0 Å². The van der Waals surface area contributed by atoms with Gasteiger partial charge in [0.15, 0.2) is 11.5 Å². The zero-order chi connectivity index (χ0) is 20.9. The van der Waals surface area contributed by atoms with Gasteiger partial charge in [0.1, 0.15) is 0 Å². The molecule has 0 unspecified atom stereocenters. The van der Waals surface area contributed by atoms with Crippen molar-refractivity contribution < 1.29 is 19.4 Å². The third-order valence-corrected chi connectivity index (χ3v) is 7.66. The fourth-order valence-electron chi connectivity index (χ4n) is 6.16. The van der Waals surface area contributed by atoms with E-state index in [4.69, 9.17) is 4.42 Å². The number of nitrogens with one attached hydrogen (secondary N) is 1. The predicted molar refractivity (Wildman–Crippen MR) is 113 cm³/mol. The molecule has 2 fully saturated rings. The first-order valence-corrected chi connectivity index (χ1v) is 10.7. The van der Waals surface area contributed by atoms with E-state index in [1.54, 1.807) is 30.7 Å². The molecule has 1 aromatic heterocycles. The Labute approximate surface area is 176 Å². The van der Waals surface area contributed by atoms with Gasteiger partial charge in [0.2, 0.25) is 5.91 Å². The number of hydrogen-bond acceptors (Lipinski definition) is 5. The fraction of sp³-hybridized carbons (Fsp3) is 0.458. The minimum Gasteiger partial charge on any atom is -0.504 e. The Kier molecular flexibility index (Phi) is 4.62. The van der Waals surface area contributed by atoms with E-state index in [0.29, 0.717) is 12.0 Å². The lowest BCUT2D eigenvalue weighted by Gasteiger charge is -2.58. The van der Waals surface area contributed by atoms with Gasteiger partial charge in [0, 0.05) is 41.7 Å². The third-order valence-electron chi connectivity index (χ3n) is 7.66. The van der Waals surface area contributed by atoms with Crippen LogP contribution in [0.2, 0.25) is 0 Å². The van der Waals surface area contributed by atoms with Crippen molar-refractivity contribution in [3.63, 3.8) is 0 Å². The number of likely N-dealkylation sites (N-methyl/N-ethyl adjacent to an activating group) is 1. The van der Waals surface area contributed by atoms with Gasteiger partial charge in [-0.2, -0.15) is 0 Å². The van der Waals surface area contributed by atoms with E-state index in [2.05, 4.69) is 5.32 Å². The highest BCUT2D eigenvalue weighted by Gasteiger charge is 2.54. The number of phenolic OH excluding ortho intramolecular Hbond substituents is 2. The molecule has 2 heterocycles.